The Morgan fingerprint density at radius 3 is 2.88 bits per heavy atom. The quantitative estimate of drug-likeness (QED) is 0.890. The largest absolute Gasteiger partial charge is 0.488 e. The van der Waals surface area contributed by atoms with Gasteiger partial charge in [-0.25, -0.2) is 8.42 Å². The normalized spacial score (nSPS) is 23.9. The maximum absolute atomic E-state index is 12.6. The van der Waals surface area contributed by atoms with Gasteiger partial charge in [0.05, 0.1) is 21.9 Å². The number of hydrogen-bond donors (Lipinski definition) is 1. The van der Waals surface area contributed by atoms with E-state index in [0.29, 0.717) is 17.9 Å². The number of nitrogens with one attached hydrogen (secondary N) is 1. The van der Waals surface area contributed by atoms with Crippen LogP contribution in [0.1, 0.15) is 28.6 Å². The fourth-order valence-electron chi connectivity index (χ4n) is 3.26. The van der Waals surface area contributed by atoms with Gasteiger partial charge in [-0.1, -0.05) is 12.1 Å². The van der Waals surface area contributed by atoms with E-state index in [-0.39, 0.29) is 17.4 Å². The fraction of sp³-hybridized carbons (Fsp3) is 0.353. The van der Waals surface area contributed by atoms with Crippen LogP contribution in [0.4, 0.5) is 0 Å². The van der Waals surface area contributed by atoms with Gasteiger partial charge in [0.15, 0.2) is 9.84 Å². The van der Waals surface area contributed by atoms with Gasteiger partial charge in [-0.15, -0.1) is 11.3 Å². The number of para-hydroxylation sites is 1. The lowest BCUT2D eigenvalue weighted by Gasteiger charge is -2.23. The van der Waals surface area contributed by atoms with Gasteiger partial charge in [0.1, 0.15) is 12.4 Å². The molecule has 0 spiro atoms. The van der Waals surface area contributed by atoms with Crippen LogP contribution in [0.15, 0.2) is 30.3 Å². The standard InChI is InChI=1S/C17H17NO4S2/c1-17(6-7-24(20,21)10-17)18-16(19)14-8-11-9-22-13-5-3-2-4-12(13)15(11)23-14/h2-5,8H,6-7,9-10H2,1H3,(H,18,19). The number of fused-ring (bicyclic) bond motifs is 3. The first-order valence-electron chi connectivity index (χ1n) is 7.73. The van der Waals surface area contributed by atoms with Crippen molar-refractivity contribution in [1.29, 1.82) is 0 Å². The SMILES string of the molecule is CC1(NC(=O)c2cc3c(s2)-c2ccccc2OC3)CCS(=O)(=O)C1. The molecule has 1 atom stereocenters. The summed E-state index contributed by atoms with van der Waals surface area (Å²) in [7, 11) is -3.06. The number of rotatable bonds is 2. The molecule has 1 fully saturated rings. The molecule has 2 aliphatic rings. The molecule has 126 valence electrons. The molecule has 0 radical (unpaired) electrons. The zero-order chi connectivity index (χ0) is 16.9. The van der Waals surface area contributed by atoms with Crippen LogP contribution in [0.2, 0.25) is 0 Å². The third-order valence-corrected chi connectivity index (χ3v) is 7.58. The predicted molar refractivity (Wildman–Crippen MR) is 93.2 cm³/mol. The first-order chi connectivity index (χ1) is 11.4. The summed E-state index contributed by atoms with van der Waals surface area (Å²) in [5, 5.41) is 2.91. The van der Waals surface area contributed by atoms with Crippen molar-refractivity contribution in [2.45, 2.75) is 25.5 Å². The van der Waals surface area contributed by atoms with Crippen molar-refractivity contribution in [1.82, 2.24) is 5.32 Å². The molecular formula is C17H17NO4S2. The van der Waals surface area contributed by atoms with Crippen LogP contribution in [0, 0.1) is 0 Å². The third-order valence-electron chi connectivity index (χ3n) is 4.47. The van der Waals surface area contributed by atoms with Gasteiger partial charge in [0, 0.05) is 16.0 Å². The molecule has 4 rings (SSSR count). The maximum Gasteiger partial charge on any atom is 0.261 e. The Morgan fingerprint density at radius 1 is 1.33 bits per heavy atom. The molecule has 0 aliphatic carbocycles. The number of hydrogen-bond acceptors (Lipinski definition) is 5. The molecule has 24 heavy (non-hydrogen) atoms. The zero-order valence-electron chi connectivity index (χ0n) is 13.2. The number of thiophene rings is 1. The molecule has 0 saturated carbocycles. The lowest BCUT2D eigenvalue weighted by atomic mass is 10.0. The van der Waals surface area contributed by atoms with Crippen molar-refractivity contribution in [3.63, 3.8) is 0 Å². The van der Waals surface area contributed by atoms with Crippen LogP contribution in [-0.4, -0.2) is 31.4 Å². The summed E-state index contributed by atoms with van der Waals surface area (Å²) in [5.41, 5.74) is 1.31. The first-order valence-corrected chi connectivity index (χ1v) is 10.4. The number of benzene rings is 1. The van der Waals surface area contributed by atoms with E-state index in [4.69, 9.17) is 4.74 Å². The van der Waals surface area contributed by atoms with Crippen molar-refractivity contribution in [2.24, 2.45) is 0 Å². The van der Waals surface area contributed by atoms with E-state index in [9.17, 15) is 13.2 Å². The average Bonchev–Trinajstić information content (AvgIpc) is 3.08. The second-order valence-corrected chi connectivity index (χ2v) is 9.84. The van der Waals surface area contributed by atoms with E-state index >= 15 is 0 Å². The molecule has 5 nitrogen and oxygen atoms in total. The van der Waals surface area contributed by atoms with Crippen molar-refractivity contribution >= 4 is 27.1 Å². The molecular weight excluding hydrogens is 346 g/mol. The van der Waals surface area contributed by atoms with Crippen molar-refractivity contribution < 1.29 is 17.9 Å². The van der Waals surface area contributed by atoms with Crippen molar-refractivity contribution in [2.75, 3.05) is 11.5 Å². The highest BCUT2D eigenvalue weighted by atomic mass is 32.2. The summed E-state index contributed by atoms with van der Waals surface area (Å²) in [6.07, 6.45) is 0.456. The Balaban J connectivity index is 1.61. The number of amides is 1. The fourth-order valence-corrected chi connectivity index (χ4v) is 6.44. The molecule has 1 amide bonds. The Hall–Kier alpha value is -1.86. The highest BCUT2D eigenvalue weighted by Crippen LogP contribution is 2.42. The third kappa shape index (κ3) is 2.71. The zero-order valence-corrected chi connectivity index (χ0v) is 14.8. The number of sulfone groups is 1. The van der Waals surface area contributed by atoms with Gasteiger partial charge in [-0.3, -0.25) is 4.79 Å². The summed E-state index contributed by atoms with van der Waals surface area (Å²) in [5.74, 6) is 0.744. The topological polar surface area (TPSA) is 72.5 Å². The number of carbonyl (C=O) groups is 1. The lowest BCUT2D eigenvalue weighted by Crippen LogP contribution is -2.46. The molecule has 0 bridgehead atoms. The predicted octanol–water partition coefficient (Wildman–Crippen LogP) is 2.61. The van der Waals surface area contributed by atoms with E-state index in [1.165, 1.54) is 11.3 Å². The van der Waals surface area contributed by atoms with Crippen molar-refractivity contribution in [3.8, 4) is 16.2 Å². The van der Waals surface area contributed by atoms with Crippen LogP contribution in [0.5, 0.6) is 5.75 Å². The summed E-state index contributed by atoms with van der Waals surface area (Å²) in [4.78, 5) is 14.2. The molecule has 1 unspecified atom stereocenters. The van der Waals surface area contributed by atoms with E-state index in [1.54, 1.807) is 6.92 Å². The summed E-state index contributed by atoms with van der Waals surface area (Å²) in [6, 6.07) is 9.62. The average molecular weight is 363 g/mol. The van der Waals surface area contributed by atoms with Gasteiger partial charge in [0.25, 0.3) is 5.91 Å². The number of carbonyl (C=O) groups excluding carboxylic acids is 1. The smallest absolute Gasteiger partial charge is 0.261 e. The van der Waals surface area contributed by atoms with Crippen LogP contribution < -0.4 is 10.1 Å². The molecule has 2 aromatic rings. The van der Waals surface area contributed by atoms with Gasteiger partial charge >= 0.3 is 0 Å². The van der Waals surface area contributed by atoms with Crippen LogP contribution in [0.3, 0.4) is 0 Å². The second-order valence-electron chi connectivity index (χ2n) is 6.61. The van der Waals surface area contributed by atoms with Gasteiger partial charge in [-0.05, 0) is 31.5 Å². The minimum atomic E-state index is -3.06. The Bertz CT molecular complexity index is 932. The summed E-state index contributed by atoms with van der Waals surface area (Å²) >= 11 is 1.43. The van der Waals surface area contributed by atoms with E-state index in [2.05, 4.69) is 5.32 Å². The summed E-state index contributed by atoms with van der Waals surface area (Å²) in [6.45, 7) is 2.24. The minimum absolute atomic E-state index is 0.00275. The van der Waals surface area contributed by atoms with Gasteiger partial charge in [-0.2, -0.15) is 0 Å². The van der Waals surface area contributed by atoms with Gasteiger partial charge in [0.2, 0.25) is 0 Å². The van der Waals surface area contributed by atoms with Crippen LogP contribution >= 0.6 is 11.3 Å². The van der Waals surface area contributed by atoms with E-state index in [0.717, 1.165) is 21.8 Å². The molecule has 3 heterocycles. The number of ether oxygens (including phenoxy) is 1. The summed E-state index contributed by atoms with van der Waals surface area (Å²) < 4.78 is 29.1. The maximum atomic E-state index is 12.6. The monoisotopic (exact) mass is 363 g/mol. The van der Waals surface area contributed by atoms with E-state index in [1.807, 2.05) is 30.3 Å². The molecule has 1 aromatic carbocycles. The van der Waals surface area contributed by atoms with E-state index < -0.39 is 15.4 Å². The first kappa shape index (κ1) is 15.7. The molecule has 1 saturated heterocycles. The van der Waals surface area contributed by atoms with Gasteiger partial charge < -0.3 is 10.1 Å². The van der Waals surface area contributed by atoms with Crippen LogP contribution in [-0.2, 0) is 16.4 Å². The Morgan fingerprint density at radius 2 is 2.12 bits per heavy atom. The minimum Gasteiger partial charge on any atom is -0.488 e. The molecule has 7 heteroatoms. The lowest BCUT2D eigenvalue weighted by molar-refractivity contribution is 0.0919. The highest BCUT2D eigenvalue weighted by Gasteiger charge is 2.40. The molecule has 1 N–H and O–H groups in total. The van der Waals surface area contributed by atoms with Crippen LogP contribution in [0.25, 0.3) is 10.4 Å². The highest BCUT2D eigenvalue weighted by molar-refractivity contribution is 7.91. The Kier molecular flexibility index (Phi) is 3.47. The second kappa shape index (κ2) is 5.32. The Labute approximate surface area is 144 Å². The molecule has 2 aliphatic heterocycles. The molecule has 1 aromatic heterocycles. The van der Waals surface area contributed by atoms with Crippen molar-refractivity contribution in [3.05, 3.63) is 40.8 Å².